The van der Waals surface area contributed by atoms with Gasteiger partial charge in [0.15, 0.2) is 6.10 Å². The third-order valence-corrected chi connectivity index (χ3v) is 5.90. The summed E-state index contributed by atoms with van der Waals surface area (Å²) in [6, 6.07) is 13.5. The molecule has 2 rings (SSSR count). The summed E-state index contributed by atoms with van der Waals surface area (Å²) in [7, 11) is -2.54. The molecule has 0 radical (unpaired) electrons. The Hall–Kier alpha value is -2.71. The number of aryl methyl sites for hydroxylation is 2. The highest BCUT2D eigenvalue weighted by Crippen LogP contribution is 2.15. The van der Waals surface area contributed by atoms with Gasteiger partial charge >= 0.3 is 5.97 Å². The first-order chi connectivity index (χ1) is 13.1. The number of rotatable bonds is 7. The fourth-order valence-electron chi connectivity index (χ4n) is 2.33. The minimum Gasteiger partial charge on any atom is -0.452 e. The molecule has 1 amide bonds. The molecule has 0 aliphatic rings. The Morgan fingerprint density at radius 2 is 1.50 bits per heavy atom. The minimum atomic E-state index is -3.83. The molecule has 2 aromatic rings. The number of amides is 1. The van der Waals surface area contributed by atoms with Crippen molar-refractivity contribution in [1.29, 1.82) is 0 Å². The number of carbonyl (C=O) groups excluding carboxylic acids is 2. The Labute approximate surface area is 165 Å². The van der Waals surface area contributed by atoms with Crippen molar-refractivity contribution in [2.45, 2.75) is 31.8 Å². The molecule has 0 saturated carbocycles. The van der Waals surface area contributed by atoms with E-state index in [1.54, 1.807) is 24.3 Å². The van der Waals surface area contributed by atoms with Crippen molar-refractivity contribution in [2.75, 3.05) is 18.9 Å². The van der Waals surface area contributed by atoms with Crippen LogP contribution in [0.15, 0.2) is 53.4 Å². The summed E-state index contributed by atoms with van der Waals surface area (Å²) in [5.74, 6) is -1.31. The van der Waals surface area contributed by atoms with Gasteiger partial charge in [0.05, 0.1) is 4.90 Å². The van der Waals surface area contributed by atoms with E-state index in [2.05, 4.69) is 5.32 Å². The van der Waals surface area contributed by atoms with Crippen molar-refractivity contribution >= 4 is 27.6 Å². The maximum absolute atomic E-state index is 12.5. The van der Waals surface area contributed by atoms with Gasteiger partial charge in [-0.3, -0.25) is 9.59 Å². The molecule has 0 fully saturated rings. The Kier molecular flexibility index (Phi) is 6.93. The second-order valence-corrected chi connectivity index (χ2v) is 8.61. The number of sulfonamides is 1. The average Bonchev–Trinajstić information content (AvgIpc) is 2.63. The van der Waals surface area contributed by atoms with Crippen LogP contribution in [0.2, 0.25) is 0 Å². The molecule has 150 valence electrons. The monoisotopic (exact) mass is 404 g/mol. The summed E-state index contributed by atoms with van der Waals surface area (Å²) in [5.41, 5.74) is 2.56. The largest absolute Gasteiger partial charge is 0.452 e. The number of nitrogens with zero attached hydrogens (tertiary/aromatic N) is 1. The molecule has 28 heavy (non-hydrogen) atoms. The molecule has 0 aliphatic carbocycles. The van der Waals surface area contributed by atoms with Gasteiger partial charge in [0.1, 0.15) is 6.54 Å². The maximum atomic E-state index is 12.5. The number of carbonyl (C=O) groups is 2. The first-order valence-electron chi connectivity index (χ1n) is 8.69. The molecule has 0 unspecified atom stereocenters. The van der Waals surface area contributed by atoms with Crippen molar-refractivity contribution < 1.29 is 22.7 Å². The molecule has 0 bridgehead atoms. The lowest BCUT2D eigenvalue weighted by Gasteiger charge is -2.18. The molecule has 0 aliphatic heterocycles. The van der Waals surface area contributed by atoms with E-state index < -0.39 is 34.5 Å². The van der Waals surface area contributed by atoms with Crippen molar-refractivity contribution in [3.63, 3.8) is 0 Å². The predicted octanol–water partition coefficient (Wildman–Crippen LogP) is 2.49. The SMILES string of the molecule is Cc1ccc(NC(=O)[C@H](C)OC(=O)CN(C)S(=O)(=O)c2ccc(C)cc2)cc1. The lowest BCUT2D eigenvalue weighted by molar-refractivity contribution is -0.153. The van der Waals surface area contributed by atoms with Crippen molar-refractivity contribution in [2.24, 2.45) is 0 Å². The van der Waals surface area contributed by atoms with Crippen LogP contribution in [0.1, 0.15) is 18.1 Å². The summed E-state index contributed by atoms with van der Waals surface area (Å²) in [4.78, 5) is 24.3. The first kappa shape index (κ1) is 21.6. The topological polar surface area (TPSA) is 92.8 Å². The van der Waals surface area contributed by atoms with Gasteiger partial charge in [-0.25, -0.2) is 8.42 Å². The molecular weight excluding hydrogens is 380 g/mol. The molecule has 8 heteroatoms. The van der Waals surface area contributed by atoms with Crippen LogP contribution >= 0.6 is 0 Å². The molecule has 1 N–H and O–H groups in total. The van der Waals surface area contributed by atoms with Crippen LogP contribution in [0.25, 0.3) is 0 Å². The highest BCUT2D eigenvalue weighted by molar-refractivity contribution is 7.89. The molecule has 1 atom stereocenters. The molecule has 7 nitrogen and oxygen atoms in total. The second kappa shape index (κ2) is 8.99. The van der Waals surface area contributed by atoms with E-state index in [-0.39, 0.29) is 4.90 Å². The van der Waals surface area contributed by atoms with Gasteiger partial charge < -0.3 is 10.1 Å². The molecule has 2 aromatic carbocycles. The van der Waals surface area contributed by atoms with Crippen molar-refractivity contribution in [1.82, 2.24) is 4.31 Å². The predicted molar refractivity (Wildman–Crippen MR) is 106 cm³/mol. The van der Waals surface area contributed by atoms with E-state index >= 15 is 0 Å². The number of nitrogens with one attached hydrogen (secondary N) is 1. The number of anilines is 1. The van der Waals surface area contributed by atoms with Crippen LogP contribution < -0.4 is 5.32 Å². The van der Waals surface area contributed by atoms with Gasteiger partial charge in [-0.2, -0.15) is 4.31 Å². The van der Waals surface area contributed by atoms with Gasteiger partial charge in [-0.15, -0.1) is 0 Å². The maximum Gasteiger partial charge on any atom is 0.322 e. The zero-order valence-corrected chi connectivity index (χ0v) is 17.1. The molecule has 0 spiro atoms. The van der Waals surface area contributed by atoms with Crippen LogP contribution in [0.3, 0.4) is 0 Å². The standard InChI is InChI=1S/C20H24N2O5S/c1-14-5-9-17(10-6-14)21-20(24)16(3)27-19(23)13-22(4)28(25,26)18-11-7-15(2)8-12-18/h5-12,16H,13H2,1-4H3,(H,21,24)/t16-/m0/s1. The van der Waals surface area contributed by atoms with E-state index in [9.17, 15) is 18.0 Å². The zero-order chi connectivity index (χ0) is 20.9. The van der Waals surface area contributed by atoms with Gasteiger partial charge in [-0.1, -0.05) is 35.4 Å². The number of ether oxygens (including phenoxy) is 1. The molecular formula is C20H24N2O5S. The summed E-state index contributed by atoms with van der Waals surface area (Å²) in [6.45, 7) is 4.70. The number of hydrogen-bond donors (Lipinski definition) is 1. The van der Waals surface area contributed by atoms with E-state index in [4.69, 9.17) is 4.74 Å². The van der Waals surface area contributed by atoms with Gasteiger partial charge in [0, 0.05) is 12.7 Å². The quantitative estimate of drug-likeness (QED) is 0.716. The second-order valence-electron chi connectivity index (χ2n) is 6.56. The molecule has 0 aromatic heterocycles. The Morgan fingerprint density at radius 1 is 1.00 bits per heavy atom. The van der Waals surface area contributed by atoms with Crippen molar-refractivity contribution in [3.8, 4) is 0 Å². The highest BCUT2D eigenvalue weighted by atomic mass is 32.2. The number of benzene rings is 2. The third kappa shape index (κ3) is 5.64. The summed E-state index contributed by atoms with van der Waals surface area (Å²) in [6.07, 6.45) is -1.07. The smallest absolute Gasteiger partial charge is 0.322 e. The lowest BCUT2D eigenvalue weighted by Crippen LogP contribution is -2.37. The number of esters is 1. The normalized spacial score (nSPS) is 12.5. The average molecular weight is 404 g/mol. The minimum absolute atomic E-state index is 0.0820. The van der Waals surface area contributed by atoms with E-state index in [0.29, 0.717) is 5.69 Å². The first-order valence-corrected chi connectivity index (χ1v) is 10.1. The Balaban J connectivity index is 1.93. The van der Waals surface area contributed by atoms with Crippen LogP contribution in [0.5, 0.6) is 0 Å². The lowest BCUT2D eigenvalue weighted by atomic mass is 10.2. The fourth-order valence-corrected chi connectivity index (χ4v) is 3.44. The zero-order valence-electron chi connectivity index (χ0n) is 16.3. The van der Waals surface area contributed by atoms with Crippen LogP contribution in [-0.2, 0) is 24.3 Å². The van der Waals surface area contributed by atoms with E-state index in [1.807, 2.05) is 26.0 Å². The summed E-state index contributed by atoms with van der Waals surface area (Å²) in [5, 5.41) is 2.64. The van der Waals surface area contributed by atoms with Gasteiger partial charge in [-0.05, 0) is 45.0 Å². The van der Waals surface area contributed by atoms with Crippen LogP contribution in [0.4, 0.5) is 5.69 Å². The van der Waals surface area contributed by atoms with Gasteiger partial charge in [0.2, 0.25) is 10.0 Å². The Morgan fingerprint density at radius 3 is 2.04 bits per heavy atom. The highest BCUT2D eigenvalue weighted by Gasteiger charge is 2.25. The third-order valence-electron chi connectivity index (χ3n) is 4.08. The summed E-state index contributed by atoms with van der Waals surface area (Å²) >= 11 is 0. The number of hydrogen-bond acceptors (Lipinski definition) is 5. The molecule has 0 heterocycles. The fraction of sp³-hybridized carbons (Fsp3) is 0.300. The molecule has 0 saturated heterocycles. The van der Waals surface area contributed by atoms with Gasteiger partial charge in [0.25, 0.3) is 5.91 Å². The number of likely N-dealkylation sites (N-methyl/N-ethyl adjacent to an activating group) is 1. The van der Waals surface area contributed by atoms with E-state index in [0.717, 1.165) is 15.4 Å². The van der Waals surface area contributed by atoms with Crippen LogP contribution in [-0.4, -0.2) is 44.3 Å². The Bertz CT molecular complexity index is 938. The van der Waals surface area contributed by atoms with E-state index in [1.165, 1.54) is 26.1 Å². The van der Waals surface area contributed by atoms with Crippen molar-refractivity contribution in [3.05, 3.63) is 59.7 Å². The summed E-state index contributed by atoms with van der Waals surface area (Å²) < 4.78 is 31.0. The van der Waals surface area contributed by atoms with Crippen LogP contribution in [0, 0.1) is 13.8 Å².